The molecule has 11 heteroatoms. The number of benzene rings is 1. The summed E-state index contributed by atoms with van der Waals surface area (Å²) in [5.41, 5.74) is -0.453. The third kappa shape index (κ3) is 4.72. The topological polar surface area (TPSA) is 71.8 Å². The Bertz CT molecular complexity index is 1130. The molecule has 0 spiro atoms. The van der Waals surface area contributed by atoms with Gasteiger partial charge in [0.25, 0.3) is 5.91 Å². The molecule has 3 heterocycles. The number of aryl methyl sites for hydroxylation is 1. The van der Waals surface area contributed by atoms with Crippen molar-refractivity contribution < 1.29 is 22.7 Å². The van der Waals surface area contributed by atoms with Crippen molar-refractivity contribution in [2.75, 3.05) is 39.4 Å². The van der Waals surface area contributed by atoms with Gasteiger partial charge in [-0.3, -0.25) is 9.69 Å². The van der Waals surface area contributed by atoms with Crippen molar-refractivity contribution in [2.45, 2.75) is 13.1 Å². The molecule has 7 nitrogen and oxygen atoms in total. The summed E-state index contributed by atoms with van der Waals surface area (Å²) >= 11 is 5.89. The molecule has 32 heavy (non-hydrogen) atoms. The van der Waals surface area contributed by atoms with Gasteiger partial charge in [-0.05, 0) is 25.1 Å². The highest BCUT2D eigenvalue weighted by atomic mass is 35.5. The third-order valence-electron chi connectivity index (χ3n) is 5.24. The van der Waals surface area contributed by atoms with Crippen molar-refractivity contribution in [3.05, 3.63) is 52.3 Å². The standard InChI is InChI=1S/C21H21ClF3N5O2/c1-13-18(20(31)26-6-7-29-8-10-32-11-9-29)19-27-16(14-2-4-15(22)5-3-14)12-17(21(23,24)25)30(19)28-13/h2-5,12H,6-11H2,1H3,(H,26,31). The Hall–Kier alpha value is -2.69. The van der Waals surface area contributed by atoms with Gasteiger partial charge in [0.1, 0.15) is 5.56 Å². The first-order valence-corrected chi connectivity index (χ1v) is 10.4. The van der Waals surface area contributed by atoms with E-state index < -0.39 is 17.8 Å². The third-order valence-corrected chi connectivity index (χ3v) is 5.49. The molecule has 1 aliphatic rings. The number of amides is 1. The molecule has 0 saturated carbocycles. The van der Waals surface area contributed by atoms with Crippen LogP contribution >= 0.6 is 11.6 Å². The molecule has 4 rings (SSSR count). The lowest BCUT2D eigenvalue weighted by molar-refractivity contribution is -0.142. The Labute approximate surface area is 187 Å². The van der Waals surface area contributed by atoms with Crippen molar-refractivity contribution in [1.29, 1.82) is 0 Å². The number of morpholine rings is 1. The lowest BCUT2D eigenvalue weighted by atomic mass is 10.1. The van der Waals surface area contributed by atoms with E-state index in [-0.39, 0.29) is 22.6 Å². The molecule has 1 aliphatic heterocycles. The predicted octanol–water partition coefficient (Wildman–Crippen LogP) is 3.44. The average Bonchev–Trinajstić information content (AvgIpc) is 3.09. The number of halogens is 4. The number of carbonyl (C=O) groups is 1. The molecule has 1 saturated heterocycles. The van der Waals surface area contributed by atoms with E-state index in [1.54, 1.807) is 24.3 Å². The Morgan fingerprint density at radius 2 is 1.91 bits per heavy atom. The fourth-order valence-corrected chi connectivity index (χ4v) is 3.73. The molecule has 1 aromatic carbocycles. The number of ether oxygens (including phenoxy) is 1. The van der Waals surface area contributed by atoms with Gasteiger partial charge in [0.15, 0.2) is 11.3 Å². The minimum Gasteiger partial charge on any atom is -0.379 e. The second kappa shape index (κ2) is 9.05. The van der Waals surface area contributed by atoms with E-state index >= 15 is 0 Å². The fourth-order valence-electron chi connectivity index (χ4n) is 3.60. The largest absolute Gasteiger partial charge is 0.433 e. The van der Waals surface area contributed by atoms with E-state index in [0.717, 1.165) is 19.2 Å². The minimum absolute atomic E-state index is 0.0216. The van der Waals surface area contributed by atoms with Gasteiger partial charge >= 0.3 is 6.18 Å². The number of nitrogens with one attached hydrogen (secondary N) is 1. The molecule has 170 valence electrons. The molecule has 2 aromatic heterocycles. The van der Waals surface area contributed by atoms with Gasteiger partial charge < -0.3 is 10.1 Å². The quantitative estimate of drug-likeness (QED) is 0.622. The summed E-state index contributed by atoms with van der Waals surface area (Å²) in [4.78, 5) is 19.4. The van der Waals surface area contributed by atoms with Crippen LogP contribution in [0.15, 0.2) is 30.3 Å². The number of carbonyl (C=O) groups excluding carboxylic acids is 1. The van der Waals surface area contributed by atoms with Gasteiger partial charge in [0.05, 0.1) is 24.6 Å². The molecule has 1 N–H and O–H groups in total. The molecule has 3 aromatic rings. The van der Waals surface area contributed by atoms with Gasteiger partial charge in [-0.25, -0.2) is 9.50 Å². The van der Waals surface area contributed by atoms with Crippen LogP contribution in [0, 0.1) is 6.92 Å². The SMILES string of the molecule is Cc1nn2c(C(F)(F)F)cc(-c3ccc(Cl)cc3)nc2c1C(=O)NCCN1CCOCC1. The maximum absolute atomic E-state index is 13.8. The van der Waals surface area contributed by atoms with E-state index in [4.69, 9.17) is 16.3 Å². The Kier molecular flexibility index (Phi) is 6.36. The van der Waals surface area contributed by atoms with Gasteiger partial charge in [0, 0.05) is 36.8 Å². The molecule has 0 atom stereocenters. The van der Waals surface area contributed by atoms with Crippen molar-refractivity contribution in [3.8, 4) is 11.3 Å². The Morgan fingerprint density at radius 1 is 1.22 bits per heavy atom. The van der Waals surface area contributed by atoms with Crippen LogP contribution in [-0.2, 0) is 10.9 Å². The fraction of sp³-hybridized carbons (Fsp3) is 0.381. The summed E-state index contributed by atoms with van der Waals surface area (Å²) in [5, 5.41) is 7.20. The molecule has 1 amide bonds. The molecular weight excluding hydrogens is 447 g/mol. The van der Waals surface area contributed by atoms with Crippen LogP contribution < -0.4 is 5.32 Å². The Balaban J connectivity index is 1.69. The van der Waals surface area contributed by atoms with Crippen molar-refractivity contribution in [3.63, 3.8) is 0 Å². The predicted molar refractivity (Wildman–Crippen MR) is 113 cm³/mol. The first-order valence-electron chi connectivity index (χ1n) is 10.1. The van der Waals surface area contributed by atoms with Crippen molar-refractivity contribution in [2.24, 2.45) is 0 Å². The summed E-state index contributed by atoms with van der Waals surface area (Å²) in [6, 6.07) is 7.20. The Morgan fingerprint density at radius 3 is 2.56 bits per heavy atom. The van der Waals surface area contributed by atoms with Crippen LogP contribution in [0.2, 0.25) is 5.02 Å². The van der Waals surface area contributed by atoms with E-state index in [9.17, 15) is 18.0 Å². The number of rotatable bonds is 5. The first kappa shape index (κ1) is 22.5. The van der Waals surface area contributed by atoms with Gasteiger partial charge in [-0.15, -0.1) is 0 Å². The maximum atomic E-state index is 13.8. The number of alkyl halides is 3. The molecule has 0 unspecified atom stereocenters. The summed E-state index contributed by atoms with van der Waals surface area (Å²) in [7, 11) is 0. The minimum atomic E-state index is -4.69. The summed E-state index contributed by atoms with van der Waals surface area (Å²) in [6.45, 7) is 5.27. The average molecular weight is 468 g/mol. The van der Waals surface area contributed by atoms with Crippen LogP contribution in [0.4, 0.5) is 13.2 Å². The van der Waals surface area contributed by atoms with Crippen LogP contribution in [-0.4, -0.2) is 64.8 Å². The number of nitrogens with zero attached hydrogens (tertiary/aromatic N) is 4. The maximum Gasteiger partial charge on any atom is 0.433 e. The van der Waals surface area contributed by atoms with Crippen LogP contribution in [0.5, 0.6) is 0 Å². The monoisotopic (exact) mass is 467 g/mol. The van der Waals surface area contributed by atoms with Crippen molar-refractivity contribution >= 4 is 23.2 Å². The van der Waals surface area contributed by atoms with Crippen LogP contribution in [0.1, 0.15) is 21.7 Å². The van der Waals surface area contributed by atoms with E-state index in [2.05, 4.69) is 20.3 Å². The summed E-state index contributed by atoms with van der Waals surface area (Å²) in [5.74, 6) is -0.514. The second-order valence-electron chi connectivity index (χ2n) is 7.44. The van der Waals surface area contributed by atoms with Gasteiger partial charge in [0.2, 0.25) is 0 Å². The molecule has 0 radical (unpaired) electrons. The van der Waals surface area contributed by atoms with Crippen LogP contribution in [0.3, 0.4) is 0 Å². The van der Waals surface area contributed by atoms with Gasteiger partial charge in [-0.2, -0.15) is 18.3 Å². The number of hydrogen-bond donors (Lipinski definition) is 1. The lowest BCUT2D eigenvalue weighted by Crippen LogP contribution is -2.41. The van der Waals surface area contributed by atoms with E-state index in [0.29, 0.717) is 41.4 Å². The van der Waals surface area contributed by atoms with Crippen LogP contribution in [0.25, 0.3) is 16.9 Å². The van der Waals surface area contributed by atoms with Gasteiger partial charge in [-0.1, -0.05) is 23.7 Å². The number of fused-ring (bicyclic) bond motifs is 1. The summed E-state index contributed by atoms with van der Waals surface area (Å²) in [6.07, 6.45) is -4.69. The normalized spacial score (nSPS) is 15.3. The lowest BCUT2D eigenvalue weighted by Gasteiger charge is -2.26. The van der Waals surface area contributed by atoms with E-state index in [1.807, 2.05) is 0 Å². The highest BCUT2D eigenvalue weighted by Crippen LogP contribution is 2.33. The molecule has 0 bridgehead atoms. The van der Waals surface area contributed by atoms with Crippen molar-refractivity contribution in [1.82, 2.24) is 24.8 Å². The molecule has 1 fully saturated rings. The number of aromatic nitrogens is 3. The smallest absolute Gasteiger partial charge is 0.379 e. The zero-order chi connectivity index (χ0) is 22.9. The molecular formula is C21H21ClF3N5O2. The number of hydrogen-bond acceptors (Lipinski definition) is 5. The van der Waals surface area contributed by atoms with E-state index in [1.165, 1.54) is 6.92 Å². The summed E-state index contributed by atoms with van der Waals surface area (Å²) < 4.78 is 47.4. The highest BCUT2D eigenvalue weighted by Gasteiger charge is 2.36. The second-order valence-corrected chi connectivity index (χ2v) is 7.87. The molecule has 0 aliphatic carbocycles. The zero-order valence-electron chi connectivity index (χ0n) is 17.2. The zero-order valence-corrected chi connectivity index (χ0v) is 18.0. The highest BCUT2D eigenvalue weighted by molar-refractivity contribution is 6.30. The first-order chi connectivity index (χ1) is 15.2.